The lowest BCUT2D eigenvalue weighted by Crippen LogP contribution is -2.22. The molecule has 0 bridgehead atoms. The SMILES string of the molecule is CN(C)S(=O)(=O)c1ccc(C(=O)Nc2cccc(-c3ccc(S(C)(=O)=O)nn3)c2)cc1. The van der Waals surface area contributed by atoms with Crippen LogP contribution in [0.4, 0.5) is 5.69 Å². The molecule has 3 rings (SSSR count). The number of nitrogens with zero attached hydrogens (tertiary/aromatic N) is 3. The zero-order valence-corrected chi connectivity index (χ0v) is 18.6. The van der Waals surface area contributed by atoms with Gasteiger partial charge in [0.2, 0.25) is 10.0 Å². The molecule has 0 fully saturated rings. The number of amides is 1. The molecule has 31 heavy (non-hydrogen) atoms. The summed E-state index contributed by atoms with van der Waals surface area (Å²) in [6, 6.07) is 15.3. The second-order valence-electron chi connectivity index (χ2n) is 6.88. The molecule has 1 heterocycles. The van der Waals surface area contributed by atoms with Crippen molar-refractivity contribution in [2.75, 3.05) is 25.7 Å². The fraction of sp³-hybridized carbons (Fsp3) is 0.150. The van der Waals surface area contributed by atoms with Crippen LogP contribution < -0.4 is 5.32 Å². The zero-order chi connectivity index (χ0) is 22.8. The lowest BCUT2D eigenvalue weighted by Gasteiger charge is -2.12. The Morgan fingerprint density at radius 2 is 1.58 bits per heavy atom. The Balaban J connectivity index is 1.79. The third-order valence-electron chi connectivity index (χ3n) is 4.33. The summed E-state index contributed by atoms with van der Waals surface area (Å²) in [4.78, 5) is 12.6. The number of hydrogen-bond donors (Lipinski definition) is 1. The maximum atomic E-state index is 12.5. The maximum absolute atomic E-state index is 12.5. The van der Waals surface area contributed by atoms with Crippen LogP contribution in [0.5, 0.6) is 0 Å². The Morgan fingerprint density at radius 1 is 0.903 bits per heavy atom. The second-order valence-corrected chi connectivity index (χ2v) is 11.0. The van der Waals surface area contributed by atoms with E-state index in [0.29, 0.717) is 22.5 Å². The van der Waals surface area contributed by atoms with E-state index < -0.39 is 25.8 Å². The van der Waals surface area contributed by atoms with Crippen LogP contribution in [0.3, 0.4) is 0 Å². The zero-order valence-electron chi connectivity index (χ0n) is 17.0. The molecule has 1 aromatic heterocycles. The van der Waals surface area contributed by atoms with Crippen LogP contribution in [0.15, 0.2) is 70.6 Å². The number of nitrogens with one attached hydrogen (secondary N) is 1. The smallest absolute Gasteiger partial charge is 0.255 e. The van der Waals surface area contributed by atoms with Crippen molar-refractivity contribution >= 4 is 31.5 Å². The molecule has 0 spiro atoms. The fourth-order valence-corrected chi connectivity index (χ4v) is 4.03. The Bertz CT molecular complexity index is 1320. The second kappa shape index (κ2) is 8.53. The Morgan fingerprint density at radius 3 is 2.13 bits per heavy atom. The van der Waals surface area contributed by atoms with Crippen LogP contribution in [-0.4, -0.2) is 57.6 Å². The van der Waals surface area contributed by atoms with Gasteiger partial charge in [0.1, 0.15) is 0 Å². The summed E-state index contributed by atoms with van der Waals surface area (Å²) in [7, 11) is -4.16. The van der Waals surface area contributed by atoms with Crippen LogP contribution in [0.25, 0.3) is 11.3 Å². The third kappa shape index (κ3) is 5.13. The van der Waals surface area contributed by atoms with Crippen LogP contribution in [0, 0.1) is 0 Å². The molecule has 1 amide bonds. The number of anilines is 1. The molecular formula is C20H20N4O5S2. The molecule has 0 aliphatic rings. The molecule has 0 aliphatic carbocycles. The minimum Gasteiger partial charge on any atom is -0.322 e. The van der Waals surface area contributed by atoms with E-state index >= 15 is 0 Å². The van der Waals surface area contributed by atoms with Gasteiger partial charge in [0.05, 0.1) is 10.6 Å². The van der Waals surface area contributed by atoms with Crippen molar-refractivity contribution in [1.29, 1.82) is 0 Å². The van der Waals surface area contributed by atoms with E-state index in [1.165, 1.54) is 50.5 Å². The molecule has 1 N–H and O–H groups in total. The summed E-state index contributed by atoms with van der Waals surface area (Å²) >= 11 is 0. The first-order chi connectivity index (χ1) is 14.5. The highest BCUT2D eigenvalue weighted by Gasteiger charge is 2.17. The molecule has 2 aromatic carbocycles. The van der Waals surface area contributed by atoms with Crippen LogP contribution in [-0.2, 0) is 19.9 Å². The summed E-state index contributed by atoms with van der Waals surface area (Å²) in [5, 5.41) is 10.3. The predicted molar refractivity (Wildman–Crippen MR) is 116 cm³/mol. The molecule has 9 nitrogen and oxygen atoms in total. The first-order valence-corrected chi connectivity index (χ1v) is 12.3. The topological polar surface area (TPSA) is 126 Å². The average molecular weight is 461 g/mol. The van der Waals surface area contributed by atoms with E-state index in [-0.39, 0.29) is 9.92 Å². The van der Waals surface area contributed by atoms with E-state index in [2.05, 4.69) is 15.5 Å². The van der Waals surface area contributed by atoms with Gasteiger partial charge in [-0.05, 0) is 48.5 Å². The third-order valence-corrected chi connectivity index (χ3v) is 7.14. The Kier molecular flexibility index (Phi) is 6.20. The van der Waals surface area contributed by atoms with Crippen LogP contribution in [0.2, 0.25) is 0 Å². The summed E-state index contributed by atoms with van der Waals surface area (Å²) in [6.07, 6.45) is 1.05. The summed E-state index contributed by atoms with van der Waals surface area (Å²) in [5.74, 6) is -0.413. The first kappa shape index (κ1) is 22.5. The standard InChI is InChI=1S/C20H20N4O5S2/c1-24(2)31(28,29)17-9-7-14(8-10-17)20(25)21-16-6-4-5-15(13-16)18-11-12-19(23-22-18)30(3,26)27/h4-13H,1-3H3,(H,21,25). The van der Waals surface area contributed by atoms with Gasteiger partial charge in [-0.2, -0.15) is 0 Å². The number of sulfonamides is 1. The van der Waals surface area contributed by atoms with E-state index in [1.807, 2.05) is 0 Å². The van der Waals surface area contributed by atoms with Crippen molar-refractivity contribution in [2.24, 2.45) is 0 Å². The van der Waals surface area contributed by atoms with Crippen molar-refractivity contribution in [3.63, 3.8) is 0 Å². The Labute approximate surface area is 180 Å². The van der Waals surface area contributed by atoms with E-state index in [9.17, 15) is 21.6 Å². The van der Waals surface area contributed by atoms with Crippen molar-refractivity contribution in [3.05, 3.63) is 66.2 Å². The first-order valence-electron chi connectivity index (χ1n) is 8.96. The number of carbonyl (C=O) groups is 1. The molecule has 11 heteroatoms. The van der Waals surface area contributed by atoms with Gasteiger partial charge in [-0.1, -0.05) is 12.1 Å². The van der Waals surface area contributed by atoms with Crippen LogP contribution >= 0.6 is 0 Å². The maximum Gasteiger partial charge on any atom is 0.255 e. The fourth-order valence-electron chi connectivity index (χ4n) is 2.62. The van der Waals surface area contributed by atoms with Gasteiger partial charge in [0.25, 0.3) is 5.91 Å². The van der Waals surface area contributed by atoms with Gasteiger partial charge in [0.15, 0.2) is 14.9 Å². The van der Waals surface area contributed by atoms with E-state index in [4.69, 9.17) is 0 Å². The summed E-state index contributed by atoms with van der Waals surface area (Å²) in [6.45, 7) is 0. The molecule has 3 aromatic rings. The number of carbonyl (C=O) groups excluding carboxylic acids is 1. The molecule has 0 aliphatic heterocycles. The van der Waals surface area contributed by atoms with Gasteiger partial charge < -0.3 is 5.32 Å². The highest BCUT2D eigenvalue weighted by atomic mass is 32.2. The highest BCUT2D eigenvalue weighted by Crippen LogP contribution is 2.22. The normalized spacial score (nSPS) is 12.0. The number of hydrogen-bond acceptors (Lipinski definition) is 7. The van der Waals surface area contributed by atoms with Crippen molar-refractivity contribution in [2.45, 2.75) is 9.92 Å². The lowest BCUT2D eigenvalue weighted by molar-refractivity contribution is 0.102. The van der Waals surface area contributed by atoms with Gasteiger partial charge in [-0.15, -0.1) is 10.2 Å². The van der Waals surface area contributed by atoms with E-state index in [1.54, 1.807) is 24.3 Å². The number of aromatic nitrogens is 2. The molecular weight excluding hydrogens is 440 g/mol. The lowest BCUT2D eigenvalue weighted by atomic mass is 10.1. The summed E-state index contributed by atoms with van der Waals surface area (Å²) in [5.41, 5.74) is 1.86. The van der Waals surface area contributed by atoms with Gasteiger partial charge in [-0.3, -0.25) is 4.79 Å². The summed E-state index contributed by atoms with van der Waals surface area (Å²) < 4.78 is 48.4. The van der Waals surface area contributed by atoms with Gasteiger partial charge in [0, 0.05) is 37.2 Å². The van der Waals surface area contributed by atoms with E-state index in [0.717, 1.165) is 10.6 Å². The van der Waals surface area contributed by atoms with Gasteiger partial charge >= 0.3 is 0 Å². The quantitative estimate of drug-likeness (QED) is 0.596. The molecule has 0 radical (unpaired) electrons. The minimum atomic E-state index is -3.58. The van der Waals surface area contributed by atoms with Gasteiger partial charge in [-0.25, -0.2) is 21.1 Å². The van der Waals surface area contributed by atoms with Crippen LogP contribution in [0.1, 0.15) is 10.4 Å². The Hall–Kier alpha value is -3.15. The average Bonchev–Trinajstić information content (AvgIpc) is 2.73. The molecule has 0 unspecified atom stereocenters. The van der Waals surface area contributed by atoms with Crippen molar-refractivity contribution < 1.29 is 21.6 Å². The number of sulfone groups is 1. The van der Waals surface area contributed by atoms with Crippen molar-refractivity contribution in [1.82, 2.24) is 14.5 Å². The monoisotopic (exact) mass is 460 g/mol. The minimum absolute atomic E-state index is 0.0900. The highest BCUT2D eigenvalue weighted by molar-refractivity contribution is 7.90. The molecule has 0 atom stereocenters. The molecule has 162 valence electrons. The number of benzene rings is 2. The predicted octanol–water partition coefficient (Wildman–Crippen LogP) is 2.05. The number of rotatable bonds is 6. The molecule has 0 saturated heterocycles. The largest absolute Gasteiger partial charge is 0.322 e. The molecule has 0 saturated carbocycles. The van der Waals surface area contributed by atoms with Crippen molar-refractivity contribution in [3.8, 4) is 11.3 Å².